The normalized spacial score (nSPS) is 11.6. The Morgan fingerprint density at radius 3 is 2.30 bits per heavy atom. The summed E-state index contributed by atoms with van der Waals surface area (Å²) >= 11 is 0. The van der Waals surface area contributed by atoms with Crippen molar-refractivity contribution in [1.82, 2.24) is 9.55 Å². The van der Waals surface area contributed by atoms with Crippen LogP contribution in [0.1, 0.15) is 12.6 Å². The van der Waals surface area contributed by atoms with Gasteiger partial charge in [-0.25, -0.2) is 4.98 Å². The molecule has 0 aliphatic carbocycles. The van der Waals surface area contributed by atoms with E-state index in [0.717, 1.165) is 44.5 Å². The Morgan fingerprint density at radius 2 is 1.48 bits per heavy atom. The van der Waals surface area contributed by atoms with Crippen molar-refractivity contribution in [3.63, 3.8) is 0 Å². The maximum absolute atomic E-state index is 11.3. The maximum atomic E-state index is 11.3. The third-order valence-electron chi connectivity index (χ3n) is 7.42. The number of phenols is 2. The molecule has 2 heterocycles. The van der Waals surface area contributed by atoms with Crippen LogP contribution in [0.15, 0.2) is 108 Å². The summed E-state index contributed by atoms with van der Waals surface area (Å²) in [5.74, 6) is 0.377. The number of aromatic nitrogens is 2. The summed E-state index contributed by atoms with van der Waals surface area (Å²) in [6.07, 6.45) is 1.73. The molecular formula is C34H25N3O2Pt. The second-order valence-electron chi connectivity index (χ2n) is 9.64. The Labute approximate surface area is 245 Å². The molecule has 6 heteroatoms. The summed E-state index contributed by atoms with van der Waals surface area (Å²) in [6, 6.07) is 33.4. The largest absolute Gasteiger partial charge is 0.507 e. The molecule has 2 N–H and O–H groups in total. The molecule has 0 saturated heterocycles. The van der Waals surface area contributed by atoms with E-state index in [9.17, 15) is 10.2 Å². The molecule has 0 atom stereocenters. The summed E-state index contributed by atoms with van der Waals surface area (Å²) in [5.41, 5.74) is 4.82. The summed E-state index contributed by atoms with van der Waals surface area (Å²) in [5, 5.41) is 27.6. The molecule has 7 aromatic rings. The van der Waals surface area contributed by atoms with E-state index < -0.39 is 0 Å². The predicted octanol–water partition coefficient (Wildman–Crippen LogP) is 8.34. The van der Waals surface area contributed by atoms with Crippen molar-refractivity contribution in [1.29, 1.82) is 0 Å². The van der Waals surface area contributed by atoms with E-state index in [1.165, 1.54) is 0 Å². The smallest absolute Gasteiger partial charge is 0.127 e. The zero-order chi connectivity index (χ0) is 26.5. The van der Waals surface area contributed by atoms with Gasteiger partial charge in [-0.05, 0) is 54.1 Å². The fourth-order valence-corrected chi connectivity index (χ4v) is 5.72. The van der Waals surface area contributed by atoms with E-state index in [1.807, 2.05) is 78.9 Å². The molecule has 5 nitrogen and oxygen atoms in total. The average Bonchev–Trinajstić information content (AvgIpc) is 3.29. The van der Waals surface area contributed by atoms with Crippen molar-refractivity contribution in [3.8, 4) is 22.8 Å². The van der Waals surface area contributed by atoms with Gasteiger partial charge in [0.25, 0.3) is 0 Å². The first-order valence-corrected chi connectivity index (χ1v) is 13.0. The number of aromatic hydroxyl groups is 2. The van der Waals surface area contributed by atoms with Gasteiger partial charge in [0.05, 0.1) is 34.4 Å². The fourth-order valence-electron chi connectivity index (χ4n) is 5.72. The maximum Gasteiger partial charge on any atom is 0.127 e. The van der Waals surface area contributed by atoms with Crippen LogP contribution in [-0.2, 0) is 27.6 Å². The number of para-hydroxylation sites is 1. The van der Waals surface area contributed by atoms with Gasteiger partial charge >= 0.3 is 0 Å². The molecule has 0 saturated carbocycles. The molecule has 0 spiro atoms. The number of aliphatic imine (C=N–C) groups is 1. The molecule has 0 radical (unpaired) electrons. The summed E-state index contributed by atoms with van der Waals surface area (Å²) in [6.45, 7) is 2.87. The molecule has 198 valence electrons. The van der Waals surface area contributed by atoms with Crippen molar-refractivity contribution in [3.05, 3.63) is 109 Å². The first kappa shape index (κ1) is 25.8. The number of pyridine rings is 1. The van der Waals surface area contributed by atoms with Gasteiger partial charge in [0, 0.05) is 54.7 Å². The molecule has 0 unspecified atom stereocenters. The Kier molecular flexibility index (Phi) is 6.61. The minimum atomic E-state index is 0. The van der Waals surface area contributed by atoms with Crippen molar-refractivity contribution in [2.45, 2.75) is 13.5 Å². The van der Waals surface area contributed by atoms with Gasteiger partial charge in [0.15, 0.2) is 0 Å². The standard InChI is InChI=1S/C34H25N3O2.Pt/c1-2-37-28-15-6-5-13-25(28)26-17-18-30(39)32(34(26)37)33-24-12-4-3-9-22(24)19-23(36-33)20-35-27-14-7-10-21-11-8-16-29(38)31(21)27;/h3-20,38-39H,2H2,1H3;. The third kappa shape index (κ3) is 4.06. The number of fused-ring (bicyclic) bond motifs is 5. The van der Waals surface area contributed by atoms with Crippen molar-refractivity contribution in [2.24, 2.45) is 4.99 Å². The van der Waals surface area contributed by atoms with Crippen LogP contribution in [0.2, 0.25) is 0 Å². The van der Waals surface area contributed by atoms with Crippen LogP contribution in [0, 0.1) is 0 Å². The minimum Gasteiger partial charge on any atom is -0.507 e. The minimum absolute atomic E-state index is 0. The van der Waals surface area contributed by atoms with E-state index in [-0.39, 0.29) is 32.6 Å². The predicted molar refractivity (Wildman–Crippen MR) is 160 cm³/mol. The van der Waals surface area contributed by atoms with Crippen molar-refractivity contribution < 1.29 is 31.3 Å². The van der Waals surface area contributed by atoms with E-state index in [4.69, 9.17) is 9.98 Å². The second-order valence-corrected chi connectivity index (χ2v) is 9.64. The first-order chi connectivity index (χ1) is 19.1. The van der Waals surface area contributed by atoms with Crippen LogP contribution < -0.4 is 0 Å². The molecule has 0 aliphatic rings. The number of benzene rings is 5. The van der Waals surface area contributed by atoms with E-state index >= 15 is 0 Å². The molecule has 0 amide bonds. The van der Waals surface area contributed by atoms with Gasteiger partial charge in [0.2, 0.25) is 0 Å². The zero-order valence-electron chi connectivity index (χ0n) is 21.7. The Bertz CT molecular complexity index is 2090. The van der Waals surface area contributed by atoms with Gasteiger partial charge in [-0.1, -0.05) is 66.7 Å². The molecule has 2 aromatic heterocycles. The van der Waals surface area contributed by atoms with Gasteiger partial charge < -0.3 is 14.8 Å². The molecule has 5 aromatic carbocycles. The van der Waals surface area contributed by atoms with Crippen LogP contribution in [0.3, 0.4) is 0 Å². The molecule has 0 aliphatic heterocycles. The van der Waals surface area contributed by atoms with Gasteiger partial charge in [-0.3, -0.25) is 4.99 Å². The van der Waals surface area contributed by atoms with Crippen molar-refractivity contribution >= 4 is 55.3 Å². The van der Waals surface area contributed by atoms with E-state index in [2.05, 4.69) is 23.6 Å². The number of phenolic OH excluding ortho intramolecular Hbond substituents is 2. The molecule has 40 heavy (non-hydrogen) atoms. The Hall–Kier alpha value is -4.47. The van der Waals surface area contributed by atoms with Crippen LogP contribution >= 0.6 is 0 Å². The fraction of sp³-hybridized carbons (Fsp3) is 0.0588. The molecule has 0 fully saturated rings. The van der Waals surface area contributed by atoms with Gasteiger partial charge in [0.1, 0.15) is 11.5 Å². The quantitative estimate of drug-likeness (QED) is 0.181. The van der Waals surface area contributed by atoms with Crippen LogP contribution in [0.4, 0.5) is 5.69 Å². The monoisotopic (exact) mass is 702 g/mol. The topological polar surface area (TPSA) is 70.6 Å². The molecular weight excluding hydrogens is 677 g/mol. The van der Waals surface area contributed by atoms with Crippen LogP contribution in [0.25, 0.3) is 54.6 Å². The zero-order valence-corrected chi connectivity index (χ0v) is 23.9. The number of hydrogen-bond acceptors (Lipinski definition) is 4. The first-order valence-electron chi connectivity index (χ1n) is 13.0. The summed E-state index contributed by atoms with van der Waals surface area (Å²) in [7, 11) is 0. The van der Waals surface area contributed by atoms with E-state index in [0.29, 0.717) is 28.0 Å². The van der Waals surface area contributed by atoms with Gasteiger partial charge in [-0.2, -0.15) is 0 Å². The van der Waals surface area contributed by atoms with E-state index in [1.54, 1.807) is 18.3 Å². The third-order valence-corrected chi connectivity index (χ3v) is 7.42. The number of nitrogens with zero attached hydrogens (tertiary/aromatic N) is 3. The van der Waals surface area contributed by atoms with Crippen molar-refractivity contribution in [2.75, 3.05) is 0 Å². The molecule has 0 bridgehead atoms. The Balaban J connectivity index is 0.00000289. The van der Waals surface area contributed by atoms with Crippen LogP contribution in [0.5, 0.6) is 11.5 Å². The van der Waals surface area contributed by atoms with Gasteiger partial charge in [-0.15, -0.1) is 0 Å². The number of aryl methyl sites for hydroxylation is 1. The molecule has 7 rings (SSSR count). The van der Waals surface area contributed by atoms with Crippen LogP contribution in [-0.4, -0.2) is 26.0 Å². The average molecular weight is 703 g/mol. The SMILES string of the molecule is CCn1c2ccccc2c2ccc(O)c(-c3nc(C=Nc4cccc5cccc(O)c45)cc4ccccc34)c21.[Pt]. The summed E-state index contributed by atoms with van der Waals surface area (Å²) in [4.78, 5) is 9.81. The summed E-state index contributed by atoms with van der Waals surface area (Å²) < 4.78 is 2.25. The Morgan fingerprint density at radius 1 is 0.750 bits per heavy atom. The number of hydrogen-bond donors (Lipinski definition) is 2. The second kappa shape index (κ2) is 10.3. The number of rotatable bonds is 4.